The van der Waals surface area contributed by atoms with Crippen LogP contribution in [0.25, 0.3) is 0 Å². The van der Waals surface area contributed by atoms with Gasteiger partial charge in [0.2, 0.25) is 0 Å². The van der Waals surface area contributed by atoms with Crippen LogP contribution in [0.3, 0.4) is 0 Å². The SMILES string of the molecule is C=C1C=CC(C(=O)N(C)C)=CN1CCOCCC(C)C.C=C1C=CC=CN1CCOCCC(C)C.C=C1CCCCN1CCOCCC(C)C.CC(C)CCCCP(=O)([O-])O.CC(C)Cc1cccc(C(=O)N2CCCCC2)c1.CCOP(=O)([O-])CCCCC(C)C. The van der Waals surface area contributed by atoms with E-state index in [0.717, 1.165) is 152 Å². The number of ether oxygens (including phenoxy) is 3. The first-order valence-corrected chi connectivity index (χ1v) is 38.3. The molecule has 2 fully saturated rings. The highest BCUT2D eigenvalue weighted by Crippen LogP contribution is 2.38. The van der Waals surface area contributed by atoms with Crippen molar-refractivity contribution in [3.8, 4) is 0 Å². The van der Waals surface area contributed by atoms with Crippen molar-refractivity contribution < 1.29 is 52.1 Å². The zero-order chi connectivity index (χ0) is 69.5. The average Bonchev–Trinajstić information content (AvgIpc) is 1.26. The average molecular weight is 1330 g/mol. The number of hydrogen-bond donors (Lipinski definition) is 1. The van der Waals surface area contributed by atoms with Gasteiger partial charge in [-0.2, -0.15) is 0 Å². The molecule has 5 rings (SSSR count). The van der Waals surface area contributed by atoms with E-state index in [4.69, 9.17) is 19.1 Å². The van der Waals surface area contributed by atoms with E-state index < -0.39 is 15.2 Å². The normalized spacial score (nSPS) is 16.0. The summed E-state index contributed by atoms with van der Waals surface area (Å²) < 4.78 is 42.8. The smallest absolute Gasteiger partial charge is 0.254 e. The second-order valence-electron chi connectivity index (χ2n) is 27.1. The second kappa shape index (κ2) is 52.2. The minimum absolute atomic E-state index is 0.000485. The van der Waals surface area contributed by atoms with Crippen molar-refractivity contribution in [1.29, 1.82) is 0 Å². The van der Waals surface area contributed by atoms with Gasteiger partial charge < -0.3 is 67.0 Å². The summed E-state index contributed by atoms with van der Waals surface area (Å²) in [6.45, 7) is 50.5. The molecule has 530 valence electrons. The number of piperidine rings is 2. The molecule has 18 heteroatoms. The second-order valence-corrected chi connectivity index (χ2v) is 30.8. The molecule has 2 saturated heterocycles. The Labute approximate surface area is 561 Å². The van der Waals surface area contributed by atoms with Crippen LogP contribution >= 0.6 is 15.2 Å². The van der Waals surface area contributed by atoms with Gasteiger partial charge in [0.05, 0.1) is 32.0 Å². The monoisotopic (exact) mass is 1330 g/mol. The number of nitrogens with zero attached hydrogens (tertiary/aromatic N) is 5. The molecule has 0 radical (unpaired) electrons. The maximum Gasteiger partial charge on any atom is 0.254 e. The maximum absolute atomic E-state index is 12.4. The molecule has 0 aliphatic carbocycles. The molecular formula is C74H131N5O11P2-2. The number of likely N-dealkylation sites (tertiary alicyclic amines) is 2. The van der Waals surface area contributed by atoms with E-state index in [2.05, 4.69) is 129 Å². The lowest BCUT2D eigenvalue weighted by molar-refractivity contribution is -0.198. The number of hydrogen-bond acceptors (Lipinski definition) is 13. The van der Waals surface area contributed by atoms with Crippen molar-refractivity contribution in [1.82, 2.24) is 24.5 Å². The van der Waals surface area contributed by atoms with Crippen LogP contribution in [0.2, 0.25) is 0 Å². The van der Waals surface area contributed by atoms with Crippen LogP contribution in [0, 0.1) is 35.5 Å². The highest BCUT2D eigenvalue weighted by Gasteiger charge is 2.19. The molecule has 1 aromatic rings. The topological polar surface area (TPSA) is 188 Å². The summed E-state index contributed by atoms with van der Waals surface area (Å²) in [6.07, 6.45) is 30.7. The van der Waals surface area contributed by atoms with Crippen molar-refractivity contribution in [3.63, 3.8) is 0 Å². The van der Waals surface area contributed by atoms with Crippen molar-refractivity contribution in [2.75, 3.05) is 112 Å². The predicted molar refractivity (Wildman–Crippen MR) is 382 cm³/mol. The van der Waals surface area contributed by atoms with Crippen LogP contribution in [0.5, 0.6) is 0 Å². The molecule has 0 spiro atoms. The Morgan fingerprint density at radius 3 is 1.61 bits per heavy atom. The van der Waals surface area contributed by atoms with E-state index in [1.165, 1.54) is 49.9 Å². The molecule has 4 heterocycles. The van der Waals surface area contributed by atoms with Gasteiger partial charge in [-0.25, -0.2) is 0 Å². The van der Waals surface area contributed by atoms with Crippen LogP contribution in [0.15, 0.2) is 109 Å². The maximum atomic E-state index is 12.4. The summed E-state index contributed by atoms with van der Waals surface area (Å²) in [5, 5.41) is 0. The molecule has 0 aromatic heterocycles. The zero-order valence-electron chi connectivity index (χ0n) is 60.5. The minimum atomic E-state index is -3.98. The van der Waals surface area contributed by atoms with Crippen LogP contribution < -0.4 is 9.79 Å². The highest BCUT2D eigenvalue weighted by molar-refractivity contribution is 7.51. The molecule has 1 aromatic carbocycles. The zero-order valence-corrected chi connectivity index (χ0v) is 62.3. The summed E-state index contributed by atoms with van der Waals surface area (Å²) in [5.74, 6) is 4.22. The van der Waals surface area contributed by atoms with Crippen LogP contribution in [-0.4, -0.2) is 153 Å². The Kier molecular flexibility index (Phi) is 49.8. The first-order chi connectivity index (χ1) is 43.4. The standard InChI is InChI=1S/C16H26N2O2.C16H23NO.C13H25NO.C13H21NO.C9H21O3P.C7H17O3P/c1-13(2)8-10-20-11-9-18-12-15(7-6-14(18)3)16(19)17(4)5;1-13(2)11-14-7-6-8-15(12-14)16(18)17-9-4-3-5-10-17;2*1-12(2)7-10-15-11-9-14-8-5-4-6-13(14)3;1-4-12-13(10,11)8-6-5-7-9(2)3;1-7(2)5-3-4-6-11(8,9)10/h6-7,12-13H,3,8-11H2,1-2,4-5H3;6-8,12-13H,3-5,9-11H2,1-2H3;12H,3-11H2,1-2H3;4-6,8,12H,3,7,9-11H2,1-2H3;9H,4-8H2,1-3H3,(H,10,11);7H,3-6H2,1-2H3,(H2,8,9,10)/p-2. The predicted octanol–water partition coefficient (Wildman–Crippen LogP) is 15.7. The molecule has 0 bridgehead atoms. The van der Waals surface area contributed by atoms with Crippen molar-refractivity contribution >= 4 is 27.0 Å². The van der Waals surface area contributed by atoms with Gasteiger partial charge >= 0.3 is 0 Å². The van der Waals surface area contributed by atoms with E-state index >= 15 is 0 Å². The molecule has 2 unspecified atom stereocenters. The summed E-state index contributed by atoms with van der Waals surface area (Å²) in [7, 11) is -3.98. The lowest BCUT2D eigenvalue weighted by atomic mass is 10.0. The third-order valence-corrected chi connectivity index (χ3v) is 17.5. The lowest BCUT2D eigenvalue weighted by Crippen LogP contribution is -2.35. The minimum Gasteiger partial charge on any atom is -0.779 e. The molecule has 16 nitrogen and oxygen atoms in total. The van der Waals surface area contributed by atoms with Gasteiger partial charge in [0.1, 0.15) is 15.2 Å². The number of unbranched alkanes of at least 4 members (excludes halogenated alkanes) is 2. The largest absolute Gasteiger partial charge is 0.779 e. The fourth-order valence-electron chi connectivity index (χ4n) is 9.45. The summed E-state index contributed by atoms with van der Waals surface area (Å²) >= 11 is 0. The lowest BCUT2D eigenvalue weighted by Gasteiger charge is -2.30. The fraction of sp³-hybridized carbons (Fsp3) is 0.703. The quantitative estimate of drug-likeness (QED) is 0.0507. The van der Waals surface area contributed by atoms with E-state index in [1.54, 1.807) is 32.0 Å². The molecule has 92 heavy (non-hydrogen) atoms. The molecule has 2 amide bonds. The van der Waals surface area contributed by atoms with E-state index in [0.29, 0.717) is 48.8 Å². The Morgan fingerprint density at radius 1 is 0.609 bits per heavy atom. The van der Waals surface area contributed by atoms with Crippen LogP contribution in [0.1, 0.15) is 202 Å². The Morgan fingerprint density at radius 2 is 1.12 bits per heavy atom. The molecule has 0 saturated carbocycles. The van der Waals surface area contributed by atoms with Gasteiger partial charge in [-0.15, -0.1) is 0 Å². The van der Waals surface area contributed by atoms with Gasteiger partial charge in [-0.1, -0.05) is 147 Å². The van der Waals surface area contributed by atoms with Crippen LogP contribution in [0.4, 0.5) is 0 Å². The third-order valence-electron chi connectivity index (χ3n) is 15.1. The summed E-state index contributed by atoms with van der Waals surface area (Å²) in [5.41, 5.74) is 6.01. The third kappa shape index (κ3) is 48.6. The molecule has 1 N–H and O–H groups in total. The first-order valence-electron chi connectivity index (χ1n) is 34.8. The van der Waals surface area contributed by atoms with Gasteiger partial charge in [-0.05, 0) is 161 Å². The summed E-state index contributed by atoms with van der Waals surface area (Å²) in [4.78, 5) is 64.0. The van der Waals surface area contributed by atoms with Crippen molar-refractivity contribution in [2.45, 2.75) is 193 Å². The van der Waals surface area contributed by atoms with Gasteiger partial charge in [0.15, 0.2) is 0 Å². The van der Waals surface area contributed by atoms with E-state index in [9.17, 15) is 28.5 Å². The number of amides is 2. The highest BCUT2D eigenvalue weighted by atomic mass is 31.2. The van der Waals surface area contributed by atoms with E-state index in [1.807, 2.05) is 58.6 Å². The number of carbonyl (C=O) groups is 2. The van der Waals surface area contributed by atoms with E-state index in [-0.39, 0.29) is 30.7 Å². The Hall–Kier alpha value is -4.08. The molecule has 2 atom stereocenters. The number of likely N-dealkylation sites (N-methyl/N-ethyl adjacent to an activating group) is 1. The Balaban J connectivity index is 0.00000109. The number of rotatable bonds is 34. The first kappa shape index (κ1) is 87.9. The molecule has 4 aliphatic rings. The molecule has 4 aliphatic heterocycles. The number of benzene rings is 1. The van der Waals surface area contributed by atoms with Gasteiger partial charge in [-0.3, -0.25) is 9.59 Å². The summed E-state index contributed by atoms with van der Waals surface area (Å²) in [6, 6.07) is 8.14. The van der Waals surface area contributed by atoms with Crippen LogP contribution in [-0.2, 0) is 39.1 Å². The Bertz CT molecular complexity index is 2390. The van der Waals surface area contributed by atoms with Crippen molar-refractivity contribution in [2.24, 2.45) is 35.5 Å². The number of carbonyl (C=O) groups excluding carboxylic acids is 2. The van der Waals surface area contributed by atoms with Crippen molar-refractivity contribution in [3.05, 3.63) is 121 Å². The van der Waals surface area contributed by atoms with Gasteiger partial charge in [0, 0.05) is 121 Å². The molecular weight excluding hydrogens is 1200 g/mol. The fourth-order valence-corrected chi connectivity index (χ4v) is 11.2. The number of allylic oxidation sites excluding steroid dienone is 5. The van der Waals surface area contributed by atoms with Gasteiger partial charge in [0.25, 0.3) is 11.8 Å².